The molecule has 0 saturated carbocycles. The Morgan fingerprint density at radius 3 is 2.82 bits per heavy atom. The highest BCUT2D eigenvalue weighted by atomic mass is 32.1. The summed E-state index contributed by atoms with van der Waals surface area (Å²) >= 11 is 1.56. The van der Waals surface area contributed by atoms with Gasteiger partial charge >= 0.3 is 0 Å². The van der Waals surface area contributed by atoms with Crippen LogP contribution in [0.25, 0.3) is 0 Å². The van der Waals surface area contributed by atoms with Gasteiger partial charge in [0.25, 0.3) is 5.91 Å². The maximum Gasteiger partial charge on any atom is 0.254 e. The Hall–Kier alpha value is -1.85. The summed E-state index contributed by atoms with van der Waals surface area (Å²) in [7, 11) is 3.79. The van der Waals surface area contributed by atoms with E-state index in [2.05, 4.69) is 18.0 Å². The van der Waals surface area contributed by atoms with Crippen LogP contribution in [0.15, 0.2) is 41.1 Å². The van der Waals surface area contributed by atoms with Crippen molar-refractivity contribution in [3.8, 4) is 5.75 Å². The Morgan fingerprint density at radius 1 is 1.27 bits per heavy atom. The molecule has 1 atom stereocenters. The minimum absolute atomic E-state index is 0.120. The molecule has 0 aliphatic carbocycles. The normalized spacial score (nSPS) is 19.2. The van der Waals surface area contributed by atoms with E-state index in [1.807, 2.05) is 39.9 Å². The van der Waals surface area contributed by atoms with Gasteiger partial charge in [-0.3, -0.25) is 9.69 Å². The molecule has 2 aromatic rings. The Morgan fingerprint density at radius 2 is 2.09 bits per heavy atom. The largest absolute Gasteiger partial charge is 0.496 e. The predicted octanol–water partition coefficient (Wildman–Crippen LogP) is 2.89. The second-order valence-corrected chi connectivity index (χ2v) is 6.28. The first-order chi connectivity index (χ1) is 10.7. The number of likely N-dealkylation sites (N-methyl/N-ethyl adjacent to an activating group) is 1. The Kier molecular flexibility index (Phi) is 4.45. The minimum atomic E-state index is 0.120. The molecule has 1 fully saturated rings. The predicted molar refractivity (Wildman–Crippen MR) is 88.6 cm³/mol. The number of ether oxygens (including phenoxy) is 1. The molecule has 0 unspecified atom stereocenters. The van der Waals surface area contributed by atoms with Crippen molar-refractivity contribution in [2.24, 2.45) is 0 Å². The zero-order valence-electron chi connectivity index (χ0n) is 12.9. The van der Waals surface area contributed by atoms with Gasteiger partial charge in [-0.05, 0) is 24.6 Å². The van der Waals surface area contributed by atoms with E-state index in [0.29, 0.717) is 6.54 Å². The van der Waals surface area contributed by atoms with Crippen LogP contribution in [-0.2, 0) is 0 Å². The molecule has 0 spiro atoms. The molecule has 22 heavy (non-hydrogen) atoms. The smallest absolute Gasteiger partial charge is 0.254 e. The third-order valence-corrected chi connectivity index (χ3v) is 4.88. The fourth-order valence-corrected chi connectivity index (χ4v) is 3.53. The number of piperazine rings is 1. The second-order valence-electron chi connectivity index (χ2n) is 5.50. The van der Waals surface area contributed by atoms with E-state index in [9.17, 15) is 4.79 Å². The lowest BCUT2D eigenvalue weighted by atomic mass is 10.0. The highest BCUT2D eigenvalue weighted by Gasteiger charge is 2.30. The van der Waals surface area contributed by atoms with Gasteiger partial charge in [0.1, 0.15) is 5.75 Å². The molecule has 1 saturated heterocycles. The summed E-state index contributed by atoms with van der Waals surface area (Å²) in [5.41, 5.74) is 1.92. The average Bonchev–Trinajstić information content (AvgIpc) is 3.09. The highest BCUT2D eigenvalue weighted by Crippen LogP contribution is 2.31. The highest BCUT2D eigenvalue weighted by molar-refractivity contribution is 7.08. The summed E-state index contributed by atoms with van der Waals surface area (Å²) in [5, 5.41) is 3.86. The Bertz CT molecular complexity index is 642. The molecule has 0 N–H and O–H groups in total. The number of thiophene rings is 1. The van der Waals surface area contributed by atoms with Crippen LogP contribution in [0.5, 0.6) is 5.75 Å². The van der Waals surface area contributed by atoms with E-state index in [1.54, 1.807) is 18.4 Å². The number of carbonyl (C=O) groups excluding carboxylic acids is 1. The van der Waals surface area contributed by atoms with E-state index >= 15 is 0 Å². The second kappa shape index (κ2) is 6.50. The van der Waals surface area contributed by atoms with Crippen molar-refractivity contribution in [2.75, 3.05) is 33.8 Å². The lowest BCUT2D eigenvalue weighted by Crippen LogP contribution is -2.49. The van der Waals surface area contributed by atoms with Crippen LogP contribution in [0.3, 0.4) is 0 Å². The minimum Gasteiger partial charge on any atom is -0.496 e. The third-order valence-electron chi connectivity index (χ3n) is 4.20. The van der Waals surface area contributed by atoms with Gasteiger partial charge in [0.2, 0.25) is 0 Å². The number of hydrogen-bond donors (Lipinski definition) is 0. The van der Waals surface area contributed by atoms with Crippen LogP contribution in [0.4, 0.5) is 0 Å². The number of para-hydroxylation sites is 1. The molecular formula is C17H20N2O2S. The van der Waals surface area contributed by atoms with Crippen molar-refractivity contribution in [1.29, 1.82) is 0 Å². The molecule has 5 heteroatoms. The molecule has 1 aromatic carbocycles. The number of carbonyl (C=O) groups is 1. The van der Waals surface area contributed by atoms with Crippen molar-refractivity contribution in [2.45, 2.75) is 6.04 Å². The first kappa shape index (κ1) is 15.1. The lowest BCUT2D eigenvalue weighted by Gasteiger charge is -2.40. The summed E-state index contributed by atoms with van der Waals surface area (Å²) in [4.78, 5) is 16.8. The number of amides is 1. The van der Waals surface area contributed by atoms with Gasteiger partial charge in [0.05, 0.1) is 18.7 Å². The molecule has 3 rings (SSSR count). The summed E-state index contributed by atoms with van der Waals surface area (Å²) in [6.45, 7) is 2.31. The molecular weight excluding hydrogens is 296 g/mol. The van der Waals surface area contributed by atoms with Crippen molar-refractivity contribution in [3.63, 3.8) is 0 Å². The third kappa shape index (κ3) is 2.87. The van der Waals surface area contributed by atoms with Crippen molar-refractivity contribution in [1.82, 2.24) is 9.80 Å². The number of hydrogen-bond acceptors (Lipinski definition) is 4. The topological polar surface area (TPSA) is 32.8 Å². The van der Waals surface area contributed by atoms with Crippen LogP contribution in [0.2, 0.25) is 0 Å². The zero-order chi connectivity index (χ0) is 15.5. The molecule has 1 amide bonds. The van der Waals surface area contributed by atoms with Gasteiger partial charge < -0.3 is 9.64 Å². The summed E-state index contributed by atoms with van der Waals surface area (Å²) < 4.78 is 5.49. The standard InChI is InChI=1S/C17H20N2O2S/c1-18-8-9-19(17(20)13-7-10-22-12-13)11-15(18)14-5-3-4-6-16(14)21-2/h3-7,10,12,15H,8-9,11H2,1-2H3/t15-/m1/s1. The number of benzene rings is 1. The van der Waals surface area contributed by atoms with Crippen molar-refractivity contribution >= 4 is 17.2 Å². The molecule has 0 radical (unpaired) electrons. The van der Waals surface area contributed by atoms with Gasteiger partial charge in [-0.2, -0.15) is 11.3 Å². The van der Waals surface area contributed by atoms with Gasteiger partial charge in [-0.25, -0.2) is 0 Å². The fraction of sp³-hybridized carbons (Fsp3) is 0.353. The number of rotatable bonds is 3. The summed E-state index contributed by atoms with van der Waals surface area (Å²) in [6.07, 6.45) is 0. The molecule has 116 valence electrons. The summed E-state index contributed by atoms with van der Waals surface area (Å²) in [5.74, 6) is 0.999. The van der Waals surface area contributed by atoms with E-state index in [1.165, 1.54) is 0 Å². The van der Waals surface area contributed by atoms with Crippen molar-refractivity contribution < 1.29 is 9.53 Å². The van der Waals surface area contributed by atoms with Crippen LogP contribution in [0.1, 0.15) is 22.0 Å². The molecule has 2 heterocycles. The summed E-state index contributed by atoms with van der Waals surface area (Å²) in [6, 6.07) is 10.1. The van der Waals surface area contributed by atoms with Crippen molar-refractivity contribution in [3.05, 3.63) is 52.2 Å². The molecule has 1 aliphatic rings. The van der Waals surface area contributed by atoms with Gasteiger partial charge in [-0.15, -0.1) is 0 Å². The Balaban J connectivity index is 1.83. The molecule has 1 aliphatic heterocycles. The number of methoxy groups -OCH3 is 1. The van der Waals surface area contributed by atoms with E-state index in [-0.39, 0.29) is 11.9 Å². The SMILES string of the molecule is COc1ccccc1[C@H]1CN(C(=O)c2ccsc2)CCN1C. The van der Waals surface area contributed by atoms with E-state index < -0.39 is 0 Å². The molecule has 4 nitrogen and oxygen atoms in total. The molecule has 0 bridgehead atoms. The van der Waals surface area contributed by atoms with Gasteiger partial charge in [-0.1, -0.05) is 18.2 Å². The van der Waals surface area contributed by atoms with Crippen LogP contribution in [0, 0.1) is 0 Å². The average molecular weight is 316 g/mol. The van der Waals surface area contributed by atoms with Crippen LogP contribution < -0.4 is 4.74 Å². The van der Waals surface area contributed by atoms with E-state index in [4.69, 9.17) is 4.74 Å². The first-order valence-corrected chi connectivity index (χ1v) is 8.29. The molecule has 1 aromatic heterocycles. The number of nitrogens with zero attached hydrogens (tertiary/aromatic N) is 2. The zero-order valence-corrected chi connectivity index (χ0v) is 13.7. The van der Waals surface area contributed by atoms with Gasteiger partial charge in [0.15, 0.2) is 0 Å². The van der Waals surface area contributed by atoms with Crippen LogP contribution in [-0.4, -0.2) is 49.5 Å². The van der Waals surface area contributed by atoms with E-state index in [0.717, 1.165) is 30.0 Å². The van der Waals surface area contributed by atoms with Gasteiger partial charge in [0, 0.05) is 30.6 Å². The Labute approximate surface area is 134 Å². The maximum atomic E-state index is 12.6. The fourth-order valence-electron chi connectivity index (χ4n) is 2.90. The quantitative estimate of drug-likeness (QED) is 0.873. The monoisotopic (exact) mass is 316 g/mol. The maximum absolute atomic E-state index is 12.6. The first-order valence-electron chi connectivity index (χ1n) is 7.35. The lowest BCUT2D eigenvalue weighted by molar-refractivity contribution is 0.0543. The van der Waals surface area contributed by atoms with Crippen LogP contribution >= 0.6 is 11.3 Å².